The third-order valence-corrected chi connectivity index (χ3v) is 2.43. The lowest BCUT2D eigenvalue weighted by atomic mass is 10.3. The highest BCUT2D eigenvalue weighted by Crippen LogP contribution is 2.10. The van der Waals surface area contributed by atoms with Gasteiger partial charge in [-0.05, 0) is 0 Å². The van der Waals surface area contributed by atoms with Crippen LogP contribution in [0.2, 0.25) is 0 Å². The molecule has 76 valence electrons. The van der Waals surface area contributed by atoms with Crippen molar-refractivity contribution in [3.63, 3.8) is 0 Å². The first kappa shape index (κ1) is 10.9. The largest absolute Gasteiger partial charge is 0.366 e. The number of likely N-dealkylation sites (N-methyl/N-ethyl adjacent to an activating group) is 1. The van der Waals surface area contributed by atoms with E-state index < -0.39 is 6.10 Å². The van der Waals surface area contributed by atoms with Gasteiger partial charge in [0.05, 0.1) is 13.7 Å². The van der Waals surface area contributed by atoms with Gasteiger partial charge in [-0.1, -0.05) is 9.39 Å². The van der Waals surface area contributed by atoms with Crippen LogP contribution in [-0.4, -0.2) is 55.6 Å². The van der Waals surface area contributed by atoms with E-state index in [4.69, 9.17) is 9.57 Å². The maximum Gasteiger partial charge on any atom is 0.276 e. The van der Waals surface area contributed by atoms with E-state index in [0.717, 1.165) is 6.54 Å². The zero-order valence-corrected chi connectivity index (χ0v) is 9.05. The van der Waals surface area contributed by atoms with Crippen molar-refractivity contribution in [2.75, 3.05) is 33.9 Å². The van der Waals surface area contributed by atoms with Crippen LogP contribution in [0.25, 0.3) is 0 Å². The summed E-state index contributed by atoms with van der Waals surface area (Å²) in [5, 5.41) is 1.19. The first-order valence-corrected chi connectivity index (χ1v) is 4.59. The average Bonchev–Trinajstić information content (AvgIpc) is 2.15. The molecule has 2 atom stereocenters. The van der Waals surface area contributed by atoms with Crippen LogP contribution < -0.4 is 0 Å². The Bertz CT molecular complexity index is 191. The maximum atomic E-state index is 11.5. The summed E-state index contributed by atoms with van der Waals surface area (Å²) in [6, 6.07) is 0. The van der Waals surface area contributed by atoms with Gasteiger partial charge in [-0.3, -0.25) is 14.3 Å². The molecule has 6 heteroatoms. The molecule has 0 saturated carbocycles. The molecule has 0 N–H and O–H groups in total. The van der Waals surface area contributed by atoms with Gasteiger partial charge in [-0.25, -0.2) is 5.06 Å². The summed E-state index contributed by atoms with van der Waals surface area (Å²) in [5.74, 6) is -0.144. The number of amides is 1. The minimum Gasteiger partial charge on any atom is -0.366 e. The van der Waals surface area contributed by atoms with E-state index in [2.05, 4.69) is 9.39 Å². The number of hydrogen-bond acceptors (Lipinski definition) is 4. The molecule has 0 aliphatic carbocycles. The molecule has 0 aromatic carbocycles. The van der Waals surface area contributed by atoms with Crippen molar-refractivity contribution in [2.45, 2.75) is 6.10 Å². The Balaban J connectivity index is 2.46. The number of carbonyl (C=O) groups excluding carboxylic acids is 1. The molecule has 1 aliphatic heterocycles. The highest BCUT2D eigenvalue weighted by atomic mass is 31.0. The number of rotatable bonds is 2. The van der Waals surface area contributed by atoms with Crippen LogP contribution in [0.4, 0.5) is 0 Å². The van der Waals surface area contributed by atoms with Crippen LogP contribution in [0, 0.1) is 0 Å². The summed E-state index contributed by atoms with van der Waals surface area (Å²) in [4.78, 5) is 16.3. The third-order valence-electron chi connectivity index (χ3n) is 1.96. The second-order valence-electron chi connectivity index (χ2n) is 2.87. The summed E-state index contributed by atoms with van der Waals surface area (Å²) < 4.78 is 7.29. The molecular weight excluding hydrogens is 191 g/mol. The normalized spacial score (nSPS) is 24.4. The first-order chi connectivity index (χ1) is 6.15. The van der Waals surface area contributed by atoms with Crippen LogP contribution >= 0.6 is 9.39 Å². The Labute approximate surface area is 80.2 Å². The van der Waals surface area contributed by atoms with Crippen molar-refractivity contribution in [1.29, 1.82) is 0 Å². The molecule has 0 aromatic heterocycles. The van der Waals surface area contributed by atoms with Gasteiger partial charge in [-0.15, -0.1) is 0 Å². The molecule has 1 amide bonds. The summed E-state index contributed by atoms with van der Waals surface area (Å²) >= 11 is 0. The predicted molar refractivity (Wildman–Crippen MR) is 50.8 cm³/mol. The lowest BCUT2D eigenvalue weighted by Gasteiger charge is -2.30. The fourth-order valence-electron chi connectivity index (χ4n) is 1.11. The zero-order chi connectivity index (χ0) is 9.84. The number of hydroxylamine groups is 2. The second kappa shape index (κ2) is 4.86. The van der Waals surface area contributed by atoms with E-state index in [-0.39, 0.29) is 5.91 Å². The highest BCUT2D eigenvalue weighted by Gasteiger charge is 2.27. The summed E-state index contributed by atoms with van der Waals surface area (Å²) in [5.41, 5.74) is 0. The lowest BCUT2D eigenvalue weighted by molar-refractivity contribution is -0.183. The number of hydrogen-bond donors (Lipinski definition) is 0. The Hall–Kier alpha value is -0.220. The fraction of sp³-hybridized carbons (Fsp3) is 0.857. The zero-order valence-electron chi connectivity index (χ0n) is 7.90. The quantitative estimate of drug-likeness (QED) is 0.451. The van der Waals surface area contributed by atoms with Crippen molar-refractivity contribution in [3.8, 4) is 0 Å². The van der Waals surface area contributed by atoms with Gasteiger partial charge < -0.3 is 4.74 Å². The molecule has 13 heavy (non-hydrogen) atoms. The summed E-state index contributed by atoms with van der Waals surface area (Å²) in [7, 11) is 5.60. The Morgan fingerprint density at radius 1 is 1.77 bits per heavy atom. The van der Waals surface area contributed by atoms with E-state index in [1.807, 2.05) is 4.67 Å². The predicted octanol–water partition coefficient (Wildman–Crippen LogP) is -0.503. The smallest absolute Gasteiger partial charge is 0.276 e. The van der Waals surface area contributed by atoms with Crippen LogP contribution in [0.3, 0.4) is 0 Å². The number of morpholine rings is 1. The number of carbonyl (C=O) groups is 1. The molecule has 5 nitrogen and oxygen atoms in total. The molecule has 1 saturated heterocycles. The van der Waals surface area contributed by atoms with Crippen molar-refractivity contribution in [3.05, 3.63) is 0 Å². The van der Waals surface area contributed by atoms with Crippen molar-refractivity contribution in [1.82, 2.24) is 9.73 Å². The maximum absolute atomic E-state index is 11.5. The monoisotopic (exact) mass is 206 g/mol. The summed E-state index contributed by atoms with van der Waals surface area (Å²) in [6.07, 6.45) is -0.406. The third kappa shape index (κ3) is 2.88. The van der Waals surface area contributed by atoms with E-state index in [1.165, 1.54) is 12.2 Å². The van der Waals surface area contributed by atoms with Gasteiger partial charge in [0.25, 0.3) is 5.91 Å². The van der Waals surface area contributed by atoms with Crippen LogP contribution in [0.5, 0.6) is 0 Å². The lowest BCUT2D eigenvalue weighted by Crippen LogP contribution is -2.47. The van der Waals surface area contributed by atoms with E-state index in [1.54, 1.807) is 7.05 Å². The molecule has 0 radical (unpaired) electrons. The Morgan fingerprint density at radius 3 is 3.00 bits per heavy atom. The van der Waals surface area contributed by atoms with Gasteiger partial charge in [0, 0.05) is 20.1 Å². The molecule has 0 bridgehead atoms. The Morgan fingerprint density at radius 2 is 2.46 bits per heavy atom. The highest BCUT2D eigenvalue weighted by molar-refractivity contribution is 7.13. The Kier molecular flexibility index (Phi) is 4.06. The van der Waals surface area contributed by atoms with Crippen LogP contribution in [0.1, 0.15) is 0 Å². The molecule has 1 fully saturated rings. The van der Waals surface area contributed by atoms with Crippen LogP contribution in [0.15, 0.2) is 0 Å². The van der Waals surface area contributed by atoms with E-state index >= 15 is 0 Å². The topological polar surface area (TPSA) is 42.0 Å². The van der Waals surface area contributed by atoms with Gasteiger partial charge in [0.15, 0.2) is 6.10 Å². The van der Waals surface area contributed by atoms with Crippen molar-refractivity contribution in [2.24, 2.45) is 0 Å². The molecule has 1 rings (SSSR count). The van der Waals surface area contributed by atoms with Gasteiger partial charge >= 0.3 is 0 Å². The molecule has 0 spiro atoms. The summed E-state index contributed by atoms with van der Waals surface area (Å²) in [6.45, 7) is 2.01. The van der Waals surface area contributed by atoms with Gasteiger partial charge in [0.1, 0.15) is 0 Å². The van der Waals surface area contributed by atoms with E-state index in [0.29, 0.717) is 13.2 Å². The van der Waals surface area contributed by atoms with Gasteiger partial charge in [0.2, 0.25) is 0 Å². The second-order valence-corrected chi connectivity index (χ2v) is 3.60. The van der Waals surface area contributed by atoms with Crippen molar-refractivity contribution < 1.29 is 14.4 Å². The first-order valence-electron chi connectivity index (χ1n) is 4.08. The SMILES string of the molecule is CON(C)C(=O)C1CN(P)CCO1. The average molecular weight is 206 g/mol. The van der Waals surface area contributed by atoms with Crippen LogP contribution in [-0.2, 0) is 14.4 Å². The fourth-order valence-corrected chi connectivity index (χ4v) is 1.41. The molecule has 2 unspecified atom stereocenters. The molecular formula is C7H15N2O3P. The van der Waals surface area contributed by atoms with Gasteiger partial charge in [-0.2, -0.15) is 0 Å². The van der Waals surface area contributed by atoms with E-state index in [9.17, 15) is 4.79 Å². The molecule has 1 aliphatic rings. The standard InChI is InChI=1S/C7H15N2O3P/c1-8(11-2)7(10)6-5-9(13)3-4-12-6/h6H,3-5,13H2,1-2H3. The minimum absolute atomic E-state index is 0.144. The number of ether oxygens (including phenoxy) is 1. The molecule has 0 aromatic rings. The minimum atomic E-state index is -0.406. The number of nitrogens with zero attached hydrogens (tertiary/aromatic N) is 2. The molecule has 1 heterocycles. The van der Waals surface area contributed by atoms with Crippen molar-refractivity contribution >= 4 is 15.3 Å².